The van der Waals surface area contributed by atoms with Gasteiger partial charge in [-0.2, -0.15) is 4.68 Å². The van der Waals surface area contributed by atoms with Gasteiger partial charge in [-0.1, -0.05) is 5.21 Å². The highest BCUT2D eigenvalue weighted by atomic mass is 16.5. The van der Waals surface area contributed by atoms with Crippen LogP contribution in [0.2, 0.25) is 0 Å². The number of nitrogens with one attached hydrogen (secondary N) is 1. The van der Waals surface area contributed by atoms with Crippen LogP contribution in [-0.2, 0) is 0 Å². The molecule has 1 aromatic carbocycles. The van der Waals surface area contributed by atoms with Gasteiger partial charge in [-0.05, 0) is 31.2 Å². The Hall–Kier alpha value is -2.70. The monoisotopic (exact) mass is 257 g/mol. The smallest absolute Gasteiger partial charge is 0.280 e. The van der Waals surface area contributed by atoms with Crippen molar-refractivity contribution >= 4 is 11.2 Å². The van der Waals surface area contributed by atoms with E-state index in [0.717, 1.165) is 11.4 Å². The first-order valence-corrected chi connectivity index (χ1v) is 5.82. The largest absolute Gasteiger partial charge is 0.494 e. The third-order valence-electron chi connectivity index (χ3n) is 2.64. The fraction of sp³-hybridized carbons (Fsp3) is 0.167. The molecule has 0 saturated heterocycles. The van der Waals surface area contributed by atoms with Crippen LogP contribution in [0.4, 0.5) is 0 Å². The van der Waals surface area contributed by atoms with Gasteiger partial charge in [0.2, 0.25) is 0 Å². The highest BCUT2D eigenvalue weighted by Gasteiger charge is 2.10. The molecule has 2 heterocycles. The molecule has 0 bridgehead atoms. The lowest BCUT2D eigenvalue weighted by Crippen LogP contribution is -2.07. The molecule has 3 rings (SSSR count). The summed E-state index contributed by atoms with van der Waals surface area (Å²) in [4.78, 5) is 18.1. The minimum absolute atomic E-state index is 0.219. The van der Waals surface area contributed by atoms with Crippen LogP contribution in [0.5, 0.6) is 5.75 Å². The first kappa shape index (κ1) is 11.4. The van der Waals surface area contributed by atoms with Gasteiger partial charge in [0.25, 0.3) is 5.56 Å². The first-order chi connectivity index (χ1) is 9.29. The third-order valence-corrected chi connectivity index (χ3v) is 2.64. The van der Waals surface area contributed by atoms with Gasteiger partial charge < -0.3 is 9.72 Å². The summed E-state index contributed by atoms with van der Waals surface area (Å²) in [6, 6.07) is 7.34. The lowest BCUT2D eigenvalue weighted by Gasteiger charge is -2.04. The van der Waals surface area contributed by atoms with Gasteiger partial charge >= 0.3 is 0 Å². The lowest BCUT2D eigenvalue weighted by atomic mass is 10.3. The number of aromatic nitrogens is 5. The number of benzene rings is 1. The van der Waals surface area contributed by atoms with Crippen molar-refractivity contribution < 1.29 is 4.74 Å². The number of hydrogen-bond acceptors (Lipinski definition) is 5. The number of H-pyrrole nitrogens is 1. The molecule has 0 radical (unpaired) electrons. The molecule has 0 aliphatic carbocycles. The van der Waals surface area contributed by atoms with E-state index in [1.807, 2.05) is 31.2 Å². The summed E-state index contributed by atoms with van der Waals surface area (Å²) < 4.78 is 6.88. The molecule has 0 amide bonds. The van der Waals surface area contributed by atoms with Crippen LogP contribution >= 0.6 is 0 Å². The summed E-state index contributed by atoms with van der Waals surface area (Å²) in [5.41, 5.74) is 1.11. The summed E-state index contributed by atoms with van der Waals surface area (Å²) in [6.07, 6.45) is 1.33. The molecule has 0 aliphatic rings. The molecule has 96 valence electrons. The predicted octanol–water partition coefficient (Wildman–Crippen LogP) is 0.902. The predicted molar refractivity (Wildman–Crippen MR) is 68.4 cm³/mol. The molecule has 0 spiro atoms. The van der Waals surface area contributed by atoms with Gasteiger partial charge in [0, 0.05) is 0 Å². The van der Waals surface area contributed by atoms with Crippen LogP contribution in [-0.4, -0.2) is 31.6 Å². The molecular formula is C12H11N5O2. The molecule has 2 aromatic heterocycles. The van der Waals surface area contributed by atoms with E-state index in [-0.39, 0.29) is 11.1 Å². The highest BCUT2D eigenvalue weighted by Crippen LogP contribution is 2.16. The van der Waals surface area contributed by atoms with Crippen molar-refractivity contribution in [3.63, 3.8) is 0 Å². The fourth-order valence-corrected chi connectivity index (χ4v) is 1.78. The van der Waals surface area contributed by atoms with Crippen LogP contribution in [0.25, 0.3) is 16.9 Å². The van der Waals surface area contributed by atoms with Gasteiger partial charge in [-0.15, -0.1) is 5.10 Å². The molecule has 7 nitrogen and oxygen atoms in total. The molecule has 0 unspecified atom stereocenters. The second-order valence-electron chi connectivity index (χ2n) is 3.83. The van der Waals surface area contributed by atoms with Gasteiger partial charge in [0.1, 0.15) is 5.75 Å². The number of rotatable bonds is 3. The molecule has 3 aromatic rings. The van der Waals surface area contributed by atoms with Gasteiger partial charge in [-0.25, -0.2) is 4.98 Å². The van der Waals surface area contributed by atoms with Gasteiger partial charge in [0.15, 0.2) is 11.2 Å². The quantitative estimate of drug-likeness (QED) is 0.753. The minimum Gasteiger partial charge on any atom is -0.494 e. The Bertz CT molecular complexity index is 760. The van der Waals surface area contributed by atoms with Gasteiger partial charge in [0.05, 0.1) is 18.6 Å². The first-order valence-electron chi connectivity index (χ1n) is 5.82. The van der Waals surface area contributed by atoms with Crippen molar-refractivity contribution in [1.29, 1.82) is 0 Å². The number of fused-ring (bicyclic) bond motifs is 1. The normalized spacial score (nSPS) is 10.8. The average molecular weight is 257 g/mol. The standard InChI is InChI=1S/C12H11N5O2/c1-2-19-9-5-3-8(4-6-9)17-11-10(15-16-17)12(18)14-7-13-11/h3-7H,2H2,1H3,(H,13,14,18). The maximum atomic E-state index is 11.5. The van der Waals surface area contributed by atoms with Crippen molar-refractivity contribution in [3.05, 3.63) is 40.9 Å². The average Bonchev–Trinajstić information content (AvgIpc) is 2.85. The summed E-state index contributed by atoms with van der Waals surface area (Å²) in [6.45, 7) is 2.54. The van der Waals surface area contributed by atoms with E-state index in [9.17, 15) is 4.79 Å². The van der Waals surface area contributed by atoms with E-state index in [0.29, 0.717) is 12.3 Å². The Labute approximate surface area is 107 Å². The Kier molecular flexibility index (Phi) is 2.71. The van der Waals surface area contributed by atoms with Crippen LogP contribution in [0.1, 0.15) is 6.92 Å². The van der Waals surface area contributed by atoms with Crippen molar-refractivity contribution in [2.45, 2.75) is 6.92 Å². The Balaban J connectivity index is 2.09. The molecule has 0 atom stereocenters. The Morgan fingerprint density at radius 1 is 1.32 bits per heavy atom. The zero-order chi connectivity index (χ0) is 13.2. The molecule has 1 N–H and O–H groups in total. The van der Waals surface area contributed by atoms with Crippen molar-refractivity contribution in [2.24, 2.45) is 0 Å². The highest BCUT2D eigenvalue weighted by molar-refractivity contribution is 5.69. The molecule has 19 heavy (non-hydrogen) atoms. The van der Waals surface area contributed by atoms with Crippen molar-refractivity contribution in [1.82, 2.24) is 25.0 Å². The van der Waals surface area contributed by atoms with Crippen molar-refractivity contribution in [2.75, 3.05) is 6.61 Å². The zero-order valence-corrected chi connectivity index (χ0v) is 10.2. The van der Waals surface area contributed by atoms with E-state index in [2.05, 4.69) is 20.3 Å². The Morgan fingerprint density at radius 3 is 2.84 bits per heavy atom. The summed E-state index contributed by atoms with van der Waals surface area (Å²) >= 11 is 0. The Morgan fingerprint density at radius 2 is 2.11 bits per heavy atom. The SMILES string of the molecule is CCOc1ccc(-n2nnc3c(=O)[nH]cnc32)cc1. The number of ether oxygens (including phenoxy) is 1. The molecular weight excluding hydrogens is 246 g/mol. The minimum atomic E-state index is -0.304. The molecule has 7 heteroatoms. The van der Waals surface area contributed by atoms with Gasteiger partial charge in [-0.3, -0.25) is 4.79 Å². The van der Waals surface area contributed by atoms with E-state index < -0.39 is 0 Å². The molecule has 0 fully saturated rings. The van der Waals surface area contributed by atoms with Crippen molar-refractivity contribution in [3.8, 4) is 11.4 Å². The van der Waals surface area contributed by atoms with Crippen LogP contribution in [0.15, 0.2) is 35.4 Å². The van der Waals surface area contributed by atoms with E-state index in [4.69, 9.17) is 4.74 Å². The summed E-state index contributed by atoms with van der Waals surface area (Å²) in [7, 11) is 0. The summed E-state index contributed by atoms with van der Waals surface area (Å²) in [5.74, 6) is 0.779. The van der Waals surface area contributed by atoms with E-state index in [1.165, 1.54) is 11.0 Å². The second-order valence-corrected chi connectivity index (χ2v) is 3.83. The third kappa shape index (κ3) is 1.95. The van der Waals surface area contributed by atoms with Crippen LogP contribution in [0.3, 0.4) is 0 Å². The maximum absolute atomic E-state index is 11.5. The second kappa shape index (κ2) is 4.52. The van der Waals surface area contributed by atoms with Crippen LogP contribution in [0, 0.1) is 0 Å². The van der Waals surface area contributed by atoms with E-state index in [1.54, 1.807) is 0 Å². The molecule has 0 aliphatic heterocycles. The lowest BCUT2D eigenvalue weighted by molar-refractivity contribution is 0.340. The van der Waals surface area contributed by atoms with E-state index >= 15 is 0 Å². The summed E-state index contributed by atoms with van der Waals surface area (Å²) in [5, 5.41) is 7.77. The fourth-order valence-electron chi connectivity index (χ4n) is 1.78. The zero-order valence-electron chi connectivity index (χ0n) is 10.2. The molecule has 0 saturated carbocycles. The number of hydrogen-bond donors (Lipinski definition) is 1. The number of nitrogens with zero attached hydrogens (tertiary/aromatic N) is 4. The number of aromatic amines is 1. The van der Waals surface area contributed by atoms with Crippen LogP contribution < -0.4 is 10.3 Å². The maximum Gasteiger partial charge on any atom is 0.280 e. The topological polar surface area (TPSA) is 85.7 Å².